The molecule has 0 aliphatic heterocycles. The molecule has 2 heterocycles. The fraction of sp³-hybridized carbons (Fsp3) is 0.357. The molecule has 2 aromatic heterocycles. The van der Waals surface area contributed by atoms with Gasteiger partial charge in [0.25, 0.3) is 11.8 Å². The molecule has 35 heavy (non-hydrogen) atoms. The molecule has 7 nitrogen and oxygen atoms in total. The zero-order chi connectivity index (χ0) is 25.5. The smallest absolute Gasteiger partial charge is 0.275 e. The Hall–Kier alpha value is -3.74. The summed E-state index contributed by atoms with van der Waals surface area (Å²) in [7, 11) is 3.67. The van der Waals surface area contributed by atoms with Crippen molar-refractivity contribution in [2.24, 2.45) is 7.05 Å². The van der Waals surface area contributed by atoms with Gasteiger partial charge in [-0.2, -0.15) is 5.10 Å². The van der Waals surface area contributed by atoms with E-state index in [1.165, 1.54) is 0 Å². The van der Waals surface area contributed by atoms with Crippen LogP contribution in [0.4, 0.5) is 0 Å². The molecule has 0 aliphatic rings. The molecular weight excluding hydrogens is 438 g/mol. The van der Waals surface area contributed by atoms with Crippen LogP contribution in [0.15, 0.2) is 60.2 Å². The fourth-order valence-electron chi connectivity index (χ4n) is 4.18. The molecule has 0 unspecified atom stereocenters. The molecule has 0 saturated carbocycles. The Morgan fingerprint density at radius 1 is 1.17 bits per heavy atom. The Kier molecular flexibility index (Phi) is 8.58. The van der Waals surface area contributed by atoms with Crippen LogP contribution >= 0.6 is 0 Å². The van der Waals surface area contributed by atoms with E-state index in [4.69, 9.17) is 0 Å². The van der Waals surface area contributed by atoms with Crippen LogP contribution in [0.1, 0.15) is 58.9 Å². The van der Waals surface area contributed by atoms with E-state index in [-0.39, 0.29) is 17.9 Å². The standard InChI is InChI=1S/C28H35N5O2/c1-7-10-21(8-2)18-22(15-16-29-27(34)24-12-9-11-20(4)30-24)32(5)28(35)26-23-17-19(3)13-14-25(23)33(6)31-26/h7-14,17,22H,15-16,18H2,1-6H3,(H,29,34)/b10-7-,21-8+/t22-/m1/s1. The minimum atomic E-state index is -0.215. The first kappa shape index (κ1) is 25.9. The minimum absolute atomic E-state index is 0.127. The average Bonchev–Trinajstić information content (AvgIpc) is 3.17. The van der Waals surface area contributed by atoms with Gasteiger partial charge in [-0.15, -0.1) is 0 Å². The number of aryl methyl sites for hydroxylation is 3. The first-order chi connectivity index (χ1) is 16.7. The molecule has 0 fully saturated rings. The zero-order valence-corrected chi connectivity index (χ0v) is 21.5. The monoisotopic (exact) mass is 473 g/mol. The molecule has 0 aliphatic carbocycles. The summed E-state index contributed by atoms with van der Waals surface area (Å²) in [5.74, 6) is -0.346. The van der Waals surface area contributed by atoms with Crippen molar-refractivity contribution < 1.29 is 9.59 Å². The molecule has 0 spiro atoms. The summed E-state index contributed by atoms with van der Waals surface area (Å²) >= 11 is 0. The van der Waals surface area contributed by atoms with E-state index in [2.05, 4.69) is 27.6 Å². The predicted molar refractivity (Wildman–Crippen MR) is 140 cm³/mol. The third-order valence-corrected chi connectivity index (χ3v) is 6.18. The third kappa shape index (κ3) is 6.23. The number of aromatic nitrogens is 3. The number of hydrogen-bond acceptors (Lipinski definition) is 4. The van der Waals surface area contributed by atoms with E-state index in [0.717, 1.165) is 27.7 Å². The van der Waals surface area contributed by atoms with Crippen LogP contribution < -0.4 is 5.32 Å². The molecular formula is C28H35N5O2. The second-order valence-corrected chi connectivity index (χ2v) is 8.84. The third-order valence-electron chi connectivity index (χ3n) is 6.18. The van der Waals surface area contributed by atoms with Gasteiger partial charge in [0.1, 0.15) is 5.69 Å². The number of pyridine rings is 1. The second-order valence-electron chi connectivity index (χ2n) is 8.84. The molecule has 1 aromatic carbocycles. The molecule has 1 N–H and O–H groups in total. The fourth-order valence-corrected chi connectivity index (χ4v) is 4.18. The molecule has 7 heteroatoms. The van der Waals surface area contributed by atoms with Gasteiger partial charge < -0.3 is 10.2 Å². The molecule has 0 saturated heterocycles. The summed E-state index contributed by atoms with van der Waals surface area (Å²) < 4.78 is 1.75. The van der Waals surface area contributed by atoms with Crippen molar-refractivity contribution in [3.8, 4) is 0 Å². The lowest BCUT2D eigenvalue weighted by atomic mass is 10.0. The van der Waals surface area contributed by atoms with E-state index in [1.54, 1.807) is 15.6 Å². The summed E-state index contributed by atoms with van der Waals surface area (Å²) in [6.07, 6.45) is 7.37. The summed E-state index contributed by atoms with van der Waals surface area (Å²) in [6, 6.07) is 11.3. The van der Waals surface area contributed by atoms with Crippen molar-refractivity contribution in [2.45, 2.75) is 46.6 Å². The van der Waals surface area contributed by atoms with E-state index in [9.17, 15) is 9.59 Å². The Balaban J connectivity index is 1.81. The van der Waals surface area contributed by atoms with Gasteiger partial charge in [-0.05, 0) is 64.8 Å². The topological polar surface area (TPSA) is 80.1 Å². The van der Waals surface area contributed by atoms with E-state index >= 15 is 0 Å². The highest BCUT2D eigenvalue weighted by Crippen LogP contribution is 2.23. The number of allylic oxidation sites excluding steroid dienone is 3. The molecule has 3 rings (SSSR count). The molecule has 0 radical (unpaired) electrons. The van der Waals surface area contributed by atoms with Crippen LogP contribution in [-0.2, 0) is 7.05 Å². The number of rotatable bonds is 9. The Bertz CT molecular complexity index is 1270. The van der Waals surface area contributed by atoms with E-state index in [0.29, 0.717) is 30.8 Å². The number of amides is 2. The van der Waals surface area contributed by atoms with Crippen molar-refractivity contribution in [3.63, 3.8) is 0 Å². The van der Waals surface area contributed by atoms with Crippen LogP contribution in [0, 0.1) is 13.8 Å². The first-order valence-corrected chi connectivity index (χ1v) is 11.9. The molecule has 0 bridgehead atoms. The van der Waals surface area contributed by atoms with Gasteiger partial charge in [-0.1, -0.05) is 41.5 Å². The van der Waals surface area contributed by atoms with Gasteiger partial charge in [0.15, 0.2) is 5.69 Å². The highest BCUT2D eigenvalue weighted by atomic mass is 16.2. The SMILES string of the molecule is C/C=C\C(=C/C)C[C@@H](CCNC(=O)c1cccc(C)n1)N(C)C(=O)c1nn(C)c2ccc(C)cc12. The zero-order valence-electron chi connectivity index (χ0n) is 21.5. The Morgan fingerprint density at radius 2 is 1.94 bits per heavy atom. The summed E-state index contributed by atoms with van der Waals surface area (Å²) in [5, 5.41) is 8.35. The average molecular weight is 474 g/mol. The first-order valence-electron chi connectivity index (χ1n) is 11.9. The van der Waals surface area contributed by atoms with Gasteiger partial charge in [0.05, 0.1) is 5.52 Å². The maximum Gasteiger partial charge on any atom is 0.275 e. The largest absolute Gasteiger partial charge is 0.351 e. The van der Waals surface area contributed by atoms with Gasteiger partial charge in [-0.25, -0.2) is 4.98 Å². The minimum Gasteiger partial charge on any atom is -0.351 e. The number of fused-ring (bicyclic) bond motifs is 1. The van der Waals surface area contributed by atoms with Gasteiger partial charge in [0, 0.05) is 37.8 Å². The summed E-state index contributed by atoms with van der Waals surface area (Å²) in [5.41, 5.74) is 4.76. The van der Waals surface area contributed by atoms with Crippen LogP contribution in [0.5, 0.6) is 0 Å². The van der Waals surface area contributed by atoms with Gasteiger partial charge >= 0.3 is 0 Å². The van der Waals surface area contributed by atoms with Crippen LogP contribution in [0.3, 0.4) is 0 Å². The van der Waals surface area contributed by atoms with E-state index in [1.807, 2.05) is 78.2 Å². The number of benzene rings is 1. The normalized spacial score (nSPS) is 12.8. The quantitative estimate of drug-likeness (QED) is 0.455. The van der Waals surface area contributed by atoms with Crippen molar-refractivity contribution >= 4 is 22.7 Å². The predicted octanol–water partition coefficient (Wildman–Crippen LogP) is 4.76. The highest BCUT2D eigenvalue weighted by Gasteiger charge is 2.26. The lowest BCUT2D eigenvalue weighted by Crippen LogP contribution is -2.40. The van der Waals surface area contributed by atoms with Crippen molar-refractivity contribution in [1.82, 2.24) is 25.0 Å². The summed E-state index contributed by atoms with van der Waals surface area (Å²) in [6.45, 7) is 8.26. The molecule has 184 valence electrons. The Labute approximate surface area is 207 Å². The van der Waals surface area contributed by atoms with Crippen LogP contribution in [-0.4, -0.2) is 51.1 Å². The number of hydrogen-bond donors (Lipinski definition) is 1. The van der Waals surface area contributed by atoms with Crippen molar-refractivity contribution in [1.29, 1.82) is 0 Å². The van der Waals surface area contributed by atoms with Crippen LogP contribution in [0.2, 0.25) is 0 Å². The molecule has 1 atom stereocenters. The Morgan fingerprint density at radius 3 is 2.63 bits per heavy atom. The number of nitrogens with one attached hydrogen (secondary N) is 1. The van der Waals surface area contributed by atoms with Crippen LogP contribution in [0.25, 0.3) is 10.9 Å². The van der Waals surface area contributed by atoms with Crippen molar-refractivity contribution in [3.05, 3.63) is 82.8 Å². The number of carbonyl (C=O) groups is 2. The maximum atomic E-state index is 13.6. The lowest BCUT2D eigenvalue weighted by Gasteiger charge is -2.28. The molecule has 2 amide bonds. The van der Waals surface area contributed by atoms with E-state index < -0.39 is 0 Å². The van der Waals surface area contributed by atoms with Crippen molar-refractivity contribution in [2.75, 3.05) is 13.6 Å². The summed E-state index contributed by atoms with van der Waals surface area (Å²) in [4.78, 5) is 32.3. The molecule has 3 aromatic rings. The number of carbonyl (C=O) groups excluding carboxylic acids is 2. The maximum absolute atomic E-state index is 13.6. The van der Waals surface area contributed by atoms with Gasteiger partial charge in [0.2, 0.25) is 0 Å². The van der Waals surface area contributed by atoms with Gasteiger partial charge in [-0.3, -0.25) is 14.3 Å². The number of nitrogens with zero attached hydrogens (tertiary/aromatic N) is 4. The lowest BCUT2D eigenvalue weighted by molar-refractivity contribution is 0.0718. The highest BCUT2D eigenvalue weighted by molar-refractivity contribution is 6.05. The second kappa shape index (κ2) is 11.6.